The zero-order valence-corrected chi connectivity index (χ0v) is 22.7. The molecule has 2 aromatic rings. The monoisotopic (exact) mass is 522 g/mol. The maximum Gasteiger partial charge on any atom is 0.408 e. The molecule has 0 radical (unpaired) electrons. The fourth-order valence-electron chi connectivity index (χ4n) is 3.84. The van der Waals surface area contributed by atoms with Gasteiger partial charge in [-0.2, -0.15) is 0 Å². The van der Waals surface area contributed by atoms with Crippen molar-refractivity contribution < 1.29 is 23.9 Å². The number of para-hydroxylation sites is 1. The van der Waals surface area contributed by atoms with Gasteiger partial charge in [-0.25, -0.2) is 4.79 Å². The molecule has 0 fully saturated rings. The average Bonchev–Trinajstić information content (AvgIpc) is 2.83. The number of ether oxygens (including phenoxy) is 1. The van der Waals surface area contributed by atoms with E-state index in [0.29, 0.717) is 11.3 Å². The molecule has 0 aliphatic carbocycles. The van der Waals surface area contributed by atoms with Gasteiger partial charge >= 0.3 is 6.09 Å². The van der Waals surface area contributed by atoms with Crippen molar-refractivity contribution in [2.75, 3.05) is 11.9 Å². The molecule has 204 valence electrons. The normalized spacial score (nSPS) is 12.6. The lowest BCUT2D eigenvalue weighted by Crippen LogP contribution is -2.53. The number of anilines is 1. The average molecular weight is 523 g/mol. The molecule has 0 spiro atoms. The summed E-state index contributed by atoms with van der Waals surface area (Å²) in [5.41, 5.74) is 7.63. The minimum Gasteiger partial charge on any atom is -0.444 e. The molecule has 0 aliphatic rings. The summed E-state index contributed by atoms with van der Waals surface area (Å²) in [7, 11) is 0. The van der Waals surface area contributed by atoms with Crippen LogP contribution in [0.1, 0.15) is 56.8 Å². The van der Waals surface area contributed by atoms with Crippen molar-refractivity contribution >= 4 is 29.5 Å². The van der Waals surface area contributed by atoms with Crippen molar-refractivity contribution in [3.63, 3.8) is 0 Å². The Kier molecular flexibility index (Phi) is 10.6. The molecule has 0 saturated carbocycles. The molecular weight excluding hydrogens is 484 g/mol. The molecule has 2 atom stereocenters. The molecule has 4 N–H and O–H groups in total. The fraction of sp³-hybridized carbons (Fsp3) is 0.379. The van der Waals surface area contributed by atoms with Gasteiger partial charge < -0.3 is 26.0 Å². The molecule has 0 aliphatic heterocycles. The molecule has 9 heteroatoms. The van der Waals surface area contributed by atoms with E-state index in [9.17, 15) is 19.2 Å². The van der Waals surface area contributed by atoms with Crippen molar-refractivity contribution in [1.29, 1.82) is 0 Å². The number of benzene rings is 2. The molecule has 2 rings (SSSR count). The summed E-state index contributed by atoms with van der Waals surface area (Å²) >= 11 is 0. The second-order valence-corrected chi connectivity index (χ2v) is 9.95. The van der Waals surface area contributed by atoms with Crippen LogP contribution in [-0.4, -0.2) is 46.9 Å². The number of aryl methyl sites for hydroxylation is 2. The minimum absolute atomic E-state index is 0.0362. The van der Waals surface area contributed by atoms with Gasteiger partial charge in [0.15, 0.2) is 0 Å². The lowest BCUT2D eigenvalue weighted by atomic mass is 9.99. The zero-order valence-electron chi connectivity index (χ0n) is 22.7. The Labute approximate surface area is 224 Å². The van der Waals surface area contributed by atoms with Crippen LogP contribution < -0.4 is 16.4 Å². The highest BCUT2D eigenvalue weighted by Gasteiger charge is 2.36. The molecule has 0 saturated heterocycles. The SMILES string of the molecule is C=CCN(C(=O)C(CC(N)=O)NC(=O)OC(C)(C)C)C(C(=O)Nc1ccccc1C)c1ccc(CC)cc1. The third-order valence-corrected chi connectivity index (χ3v) is 5.67. The van der Waals surface area contributed by atoms with Crippen molar-refractivity contribution in [3.8, 4) is 0 Å². The van der Waals surface area contributed by atoms with Crippen LogP contribution in [-0.2, 0) is 25.5 Å². The third kappa shape index (κ3) is 8.76. The van der Waals surface area contributed by atoms with Crippen LogP contribution in [0.15, 0.2) is 61.2 Å². The van der Waals surface area contributed by atoms with Crippen LogP contribution in [0.3, 0.4) is 0 Å². The number of amides is 4. The first-order chi connectivity index (χ1) is 17.9. The van der Waals surface area contributed by atoms with Gasteiger partial charge in [-0.15, -0.1) is 6.58 Å². The van der Waals surface area contributed by atoms with Crippen molar-refractivity contribution in [2.24, 2.45) is 5.73 Å². The number of nitrogens with one attached hydrogen (secondary N) is 2. The lowest BCUT2D eigenvalue weighted by Gasteiger charge is -2.33. The Morgan fingerprint density at radius 2 is 1.71 bits per heavy atom. The third-order valence-electron chi connectivity index (χ3n) is 5.67. The maximum atomic E-state index is 13.9. The van der Waals surface area contributed by atoms with Crippen LogP contribution in [0, 0.1) is 6.92 Å². The van der Waals surface area contributed by atoms with Gasteiger partial charge in [0.2, 0.25) is 11.8 Å². The van der Waals surface area contributed by atoms with Gasteiger partial charge in [-0.3, -0.25) is 14.4 Å². The largest absolute Gasteiger partial charge is 0.444 e. The highest BCUT2D eigenvalue weighted by molar-refractivity contribution is 6.00. The first kappa shape index (κ1) is 30.1. The van der Waals surface area contributed by atoms with Gasteiger partial charge in [-0.1, -0.05) is 55.5 Å². The summed E-state index contributed by atoms with van der Waals surface area (Å²) in [6.45, 7) is 12.6. The van der Waals surface area contributed by atoms with E-state index in [1.807, 2.05) is 38.1 Å². The number of carbonyl (C=O) groups excluding carboxylic acids is 4. The summed E-state index contributed by atoms with van der Waals surface area (Å²) in [5, 5.41) is 5.36. The topological polar surface area (TPSA) is 131 Å². The molecule has 0 bridgehead atoms. The molecule has 4 amide bonds. The molecule has 0 aromatic heterocycles. The number of alkyl carbamates (subject to hydrolysis) is 1. The van der Waals surface area contributed by atoms with E-state index in [1.54, 1.807) is 45.0 Å². The standard InChI is InChI=1S/C29H38N4O5/c1-7-17-33(27(36)23(18-24(30)34)32-28(37)38-29(4,5)6)25(21-15-13-20(8-2)14-16-21)26(35)31-22-12-10-9-11-19(22)3/h7,9-16,23,25H,1,8,17-18H2,2-6H3,(H2,30,34)(H,31,35)(H,32,37). The van der Waals surface area contributed by atoms with Crippen LogP contribution in [0.25, 0.3) is 0 Å². The predicted molar refractivity (Wildman–Crippen MR) is 147 cm³/mol. The molecular formula is C29H38N4O5. The van der Waals surface area contributed by atoms with E-state index in [4.69, 9.17) is 10.5 Å². The molecule has 2 aromatic carbocycles. The van der Waals surface area contributed by atoms with E-state index < -0.39 is 47.9 Å². The number of primary amides is 1. The number of nitrogens with zero attached hydrogens (tertiary/aromatic N) is 1. The molecule has 9 nitrogen and oxygen atoms in total. The fourth-order valence-corrected chi connectivity index (χ4v) is 3.84. The first-order valence-electron chi connectivity index (χ1n) is 12.5. The van der Waals surface area contributed by atoms with E-state index in [-0.39, 0.29) is 6.54 Å². The highest BCUT2D eigenvalue weighted by atomic mass is 16.6. The Bertz CT molecular complexity index is 1150. The summed E-state index contributed by atoms with van der Waals surface area (Å²) in [6.07, 6.45) is 0.910. The van der Waals surface area contributed by atoms with Crippen LogP contribution >= 0.6 is 0 Å². The van der Waals surface area contributed by atoms with E-state index in [2.05, 4.69) is 17.2 Å². The van der Waals surface area contributed by atoms with Gasteiger partial charge in [-0.05, 0) is 56.9 Å². The van der Waals surface area contributed by atoms with E-state index in [1.165, 1.54) is 11.0 Å². The lowest BCUT2D eigenvalue weighted by molar-refractivity contribution is -0.141. The second-order valence-electron chi connectivity index (χ2n) is 9.95. The number of carbonyl (C=O) groups is 4. The number of rotatable bonds is 11. The molecule has 2 unspecified atom stereocenters. The number of nitrogens with two attached hydrogens (primary N) is 1. The van der Waals surface area contributed by atoms with Gasteiger partial charge in [0.05, 0.1) is 6.42 Å². The summed E-state index contributed by atoms with van der Waals surface area (Å²) in [5.74, 6) is -1.95. The highest BCUT2D eigenvalue weighted by Crippen LogP contribution is 2.26. The van der Waals surface area contributed by atoms with Crippen molar-refractivity contribution in [3.05, 3.63) is 77.9 Å². The Balaban J connectivity index is 2.53. The number of hydrogen-bond acceptors (Lipinski definition) is 5. The van der Waals surface area contributed by atoms with E-state index >= 15 is 0 Å². The summed E-state index contributed by atoms with van der Waals surface area (Å²) < 4.78 is 5.28. The second kappa shape index (κ2) is 13.4. The van der Waals surface area contributed by atoms with Gasteiger partial charge in [0.1, 0.15) is 17.7 Å². The minimum atomic E-state index is -1.36. The van der Waals surface area contributed by atoms with Crippen LogP contribution in [0.5, 0.6) is 0 Å². The molecule has 38 heavy (non-hydrogen) atoms. The Hall–Kier alpha value is -4.14. The van der Waals surface area contributed by atoms with Crippen LogP contribution in [0.4, 0.5) is 10.5 Å². The summed E-state index contributed by atoms with van der Waals surface area (Å²) in [4.78, 5) is 53.2. The van der Waals surface area contributed by atoms with E-state index in [0.717, 1.165) is 17.5 Å². The van der Waals surface area contributed by atoms with Gasteiger partial charge in [0, 0.05) is 12.2 Å². The first-order valence-corrected chi connectivity index (χ1v) is 12.5. The van der Waals surface area contributed by atoms with Crippen molar-refractivity contribution in [2.45, 2.75) is 65.1 Å². The smallest absolute Gasteiger partial charge is 0.408 e. The Morgan fingerprint density at radius 1 is 1.08 bits per heavy atom. The molecule has 0 heterocycles. The van der Waals surface area contributed by atoms with Gasteiger partial charge in [0.25, 0.3) is 5.91 Å². The quantitative estimate of drug-likeness (QED) is 0.384. The summed E-state index contributed by atoms with van der Waals surface area (Å²) in [6, 6.07) is 12.2. The number of hydrogen-bond donors (Lipinski definition) is 3. The van der Waals surface area contributed by atoms with Crippen LogP contribution in [0.2, 0.25) is 0 Å². The maximum absolute atomic E-state index is 13.9. The predicted octanol–water partition coefficient (Wildman–Crippen LogP) is 4.02. The Morgan fingerprint density at radius 3 is 2.24 bits per heavy atom. The van der Waals surface area contributed by atoms with Crippen molar-refractivity contribution in [1.82, 2.24) is 10.2 Å². The zero-order chi connectivity index (χ0) is 28.5.